The van der Waals surface area contributed by atoms with Crippen molar-refractivity contribution < 1.29 is 14.0 Å². The molecular formula is C16H12Cl2FN3O2. The zero-order chi connectivity index (χ0) is 17.3. The quantitative estimate of drug-likeness (QED) is 0.853. The van der Waals surface area contributed by atoms with Gasteiger partial charge in [0, 0.05) is 12.1 Å². The lowest BCUT2D eigenvalue weighted by molar-refractivity contribution is -0.117. The highest BCUT2D eigenvalue weighted by Crippen LogP contribution is 2.31. The monoisotopic (exact) mass is 367 g/mol. The number of anilines is 2. The van der Waals surface area contributed by atoms with E-state index in [1.165, 1.54) is 24.4 Å². The number of nitrogens with one attached hydrogen (secondary N) is 2. The molecule has 2 aromatic rings. The average Bonchev–Trinajstić information content (AvgIpc) is 3.36. The van der Waals surface area contributed by atoms with Crippen molar-refractivity contribution in [3.8, 4) is 0 Å². The van der Waals surface area contributed by atoms with Gasteiger partial charge in [-0.15, -0.1) is 0 Å². The van der Waals surface area contributed by atoms with Crippen LogP contribution < -0.4 is 10.6 Å². The van der Waals surface area contributed by atoms with Crippen LogP contribution in [0.4, 0.5) is 15.9 Å². The standard InChI is InChI=1S/C16H12Cl2FN3O2/c17-9-2-1-3-10(18)12(9)16(24)21-11-6-7-20-14(13(11)19)22-15(23)8-4-5-8/h1-3,6-8H,4-5H2,(H2,20,21,22,23,24). The van der Waals surface area contributed by atoms with Crippen molar-refractivity contribution >= 4 is 46.5 Å². The number of amides is 2. The predicted octanol–water partition coefficient (Wildman–Crippen LogP) is 4.13. The fourth-order valence-corrected chi connectivity index (χ4v) is 2.66. The summed E-state index contributed by atoms with van der Waals surface area (Å²) in [6, 6.07) is 5.89. The van der Waals surface area contributed by atoms with E-state index >= 15 is 0 Å². The number of hydrogen-bond acceptors (Lipinski definition) is 3. The third-order valence-electron chi connectivity index (χ3n) is 3.52. The van der Waals surface area contributed by atoms with Gasteiger partial charge in [-0.2, -0.15) is 0 Å². The molecule has 1 aliphatic carbocycles. The van der Waals surface area contributed by atoms with Gasteiger partial charge in [0.05, 0.1) is 21.3 Å². The van der Waals surface area contributed by atoms with Crippen LogP contribution in [-0.2, 0) is 4.79 Å². The number of carbonyl (C=O) groups excluding carboxylic acids is 2. The van der Waals surface area contributed by atoms with Crippen LogP contribution in [0.1, 0.15) is 23.2 Å². The molecule has 2 amide bonds. The summed E-state index contributed by atoms with van der Waals surface area (Å²) in [6.45, 7) is 0. The summed E-state index contributed by atoms with van der Waals surface area (Å²) >= 11 is 11.9. The highest BCUT2D eigenvalue weighted by molar-refractivity contribution is 6.40. The number of rotatable bonds is 4. The Balaban J connectivity index is 1.82. The number of halogens is 3. The molecule has 8 heteroatoms. The second-order valence-electron chi connectivity index (χ2n) is 5.34. The second-order valence-corrected chi connectivity index (χ2v) is 6.15. The average molecular weight is 368 g/mol. The van der Waals surface area contributed by atoms with Gasteiger partial charge in [0.15, 0.2) is 11.6 Å². The minimum atomic E-state index is -0.831. The van der Waals surface area contributed by atoms with Crippen LogP contribution in [-0.4, -0.2) is 16.8 Å². The molecule has 0 spiro atoms. The maximum atomic E-state index is 14.4. The molecule has 3 rings (SSSR count). The molecule has 124 valence electrons. The summed E-state index contributed by atoms with van der Waals surface area (Å²) < 4.78 is 14.4. The summed E-state index contributed by atoms with van der Waals surface area (Å²) in [4.78, 5) is 27.8. The first-order valence-corrected chi connectivity index (χ1v) is 7.93. The maximum Gasteiger partial charge on any atom is 0.258 e. The van der Waals surface area contributed by atoms with Gasteiger partial charge in [-0.25, -0.2) is 9.37 Å². The minimum absolute atomic E-state index is 0.0422. The molecule has 1 heterocycles. The molecule has 5 nitrogen and oxygen atoms in total. The number of aromatic nitrogens is 1. The molecule has 2 N–H and O–H groups in total. The van der Waals surface area contributed by atoms with Gasteiger partial charge < -0.3 is 10.6 Å². The zero-order valence-corrected chi connectivity index (χ0v) is 13.8. The first-order chi connectivity index (χ1) is 11.5. The van der Waals surface area contributed by atoms with E-state index in [0.717, 1.165) is 12.8 Å². The van der Waals surface area contributed by atoms with Crippen molar-refractivity contribution in [1.82, 2.24) is 4.98 Å². The summed E-state index contributed by atoms with van der Waals surface area (Å²) in [5.74, 6) is -2.08. The largest absolute Gasteiger partial charge is 0.319 e. The maximum absolute atomic E-state index is 14.4. The van der Waals surface area contributed by atoms with Gasteiger partial charge in [-0.3, -0.25) is 9.59 Å². The van der Waals surface area contributed by atoms with Crippen LogP contribution in [0.2, 0.25) is 10.0 Å². The Bertz CT molecular complexity index is 805. The highest BCUT2D eigenvalue weighted by Gasteiger charge is 2.30. The zero-order valence-electron chi connectivity index (χ0n) is 12.3. The Morgan fingerprint density at radius 2 is 1.79 bits per heavy atom. The van der Waals surface area contributed by atoms with Crippen LogP contribution in [0.15, 0.2) is 30.5 Å². The highest BCUT2D eigenvalue weighted by atomic mass is 35.5. The van der Waals surface area contributed by atoms with Gasteiger partial charge in [0.25, 0.3) is 5.91 Å². The summed E-state index contributed by atoms with van der Waals surface area (Å²) in [7, 11) is 0. The molecule has 1 aliphatic rings. The Labute approximate surface area is 147 Å². The first-order valence-electron chi connectivity index (χ1n) is 7.18. The van der Waals surface area contributed by atoms with Crippen molar-refractivity contribution in [3.05, 3.63) is 51.9 Å². The molecule has 0 bridgehead atoms. The van der Waals surface area contributed by atoms with Crippen LogP contribution in [0.25, 0.3) is 0 Å². The molecule has 0 atom stereocenters. The van der Waals surface area contributed by atoms with Gasteiger partial charge in [-0.05, 0) is 31.0 Å². The lowest BCUT2D eigenvalue weighted by atomic mass is 10.2. The third-order valence-corrected chi connectivity index (χ3v) is 4.15. The third kappa shape index (κ3) is 3.49. The Kier molecular flexibility index (Phi) is 4.69. The smallest absolute Gasteiger partial charge is 0.258 e. The Morgan fingerprint density at radius 1 is 1.12 bits per heavy atom. The summed E-state index contributed by atoms with van der Waals surface area (Å²) in [5.41, 5.74) is -0.0855. The van der Waals surface area contributed by atoms with Crippen LogP contribution in [0.3, 0.4) is 0 Å². The minimum Gasteiger partial charge on any atom is -0.319 e. The topological polar surface area (TPSA) is 71.1 Å². The molecule has 0 saturated heterocycles. The van der Waals surface area contributed by atoms with Crippen molar-refractivity contribution in [2.24, 2.45) is 5.92 Å². The molecule has 0 unspecified atom stereocenters. The van der Waals surface area contributed by atoms with E-state index in [1.807, 2.05) is 0 Å². The van der Waals surface area contributed by atoms with Crippen LogP contribution >= 0.6 is 23.2 Å². The molecular weight excluding hydrogens is 356 g/mol. The summed E-state index contributed by atoms with van der Waals surface area (Å²) in [5, 5.41) is 5.11. The lowest BCUT2D eigenvalue weighted by Crippen LogP contribution is -2.18. The van der Waals surface area contributed by atoms with Gasteiger partial charge in [0.1, 0.15) is 0 Å². The van der Waals surface area contributed by atoms with Crippen LogP contribution in [0, 0.1) is 11.7 Å². The molecule has 1 aromatic heterocycles. The number of hydrogen-bond donors (Lipinski definition) is 2. The molecule has 1 aromatic carbocycles. The predicted molar refractivity (Wildman–Crippen MR) is 90.0 cm³/mol. The van der Waals surface area contributed by atoms with E-state index < -0.39 is 11.7 Å². The Morgan fingerprint density at radius 3 is 2.42 bits per heavy atom. The number of nitrogens with zero attached hydrogens (tertiary/aromatic N) is 1. The first kappa shape index (κ1) is 16.7. The van der Waals surface area contributed by atoms with E-state index in [1.54, 1.807) is 6.07 Å². The fourth-order valence-electron chi connectivity index (χ4n) is 2.09. The Hall–Kier alpha value is -2.18. The van der Waals surface area contributed by atoms with E-state index in [9.17, 15) is 14.0 Å². The fraction of sp³-hybridized carbons (Fsp3) is 0.188. The van der Waals surface area contributed by atoms with Gasteiger partial charge in [0.2, 0.25) is 5.91 Å². The van der Waals surface area contributed by atoms with Gasteiger partial charge in [-0.1, -0.05) is 29.3 Å². The van der Waals surface area contributed by atoms with Crippen molar-refractivity contribution in [3.63, 3.8) is 0 Å². The number of pyridine rings is 1. The van der Waals surface area contributed by atoms with Crippen molar-refractivity contribution in [2.45, 2.75) is 12.8 Å². The molecule has 0 aliphatic heterocycles. The van der Waals surface area contributed by atoms with E-state index in [2.05, 4.69) is 15.6 Å². The van der Waals surface area contributed by atoms with E-state index in [4.69, 9.17) is 23.2 Å². The van der Waals surface area contributed by atoms with E-state index in [0.29, 0.717) is 0 Å². The normalized spacial score (nSPS) is 13.5. The lowest BCUT2D eigenvalue weighted by Gasteiger charge is -2.11. The number of carbonyl (C=O) groups is 2. The second kappa shape index (κ2) is 6.75. The van der Waals surface area contributed by atoms with Crippen molar-refractivity contribution in [2.75, 3.05) is 10.6 Å². The van der Waals surface area contributed by atoms with E-state index in [-0.39, 0.29) is 38.9 Å². The molecule has 1 fully saturated rings. The molecule has 24 heavy (non-hydrogen) atoms. The number of benzene rings is 1. The SMILES string of the molecule is O=C(Nc1ccnc(NC(=O)C2CC2)c1F)c1c(Cl)cccc1Cl. The molecule has 0 radical (unpaired) electrons. The van der Waals surface area contributed by atoms with Crippen LogP contribution in [0.5, 0.6) is 0 Å². The van der Waals surface area contributed by atoms with Gasteiger partial charge >= 0.3 is 0 Å². The molecule has 1 saturated carbocycles. The van der Waals surface area contributed by atoms with Crippen molar-refractivity contribution in [1.29, 1.82) is 0 Å². The summed E-state index contributed by atoms with van der Waals surface area (Å²) in [6.07, 6.45) is 2.86.